The minimum Gasteiger partial charge on any atom is -0.355 e. The topological polar surface area (TPSA) is 19.0 Å². The van der Waals surface area contributed by atoms with Crippen LogP contribution in [0.25, 0.3) is 21.8 Å². The van der Waals surface area contributed by atoms with Gasteiger partial charge in [-0.1, -0.05) is 24.3 Å². The Morgan fingerprint density at radius 2 is 1.71 bits per heavy atom. The SMILES string of the molecule is CN(C)Cc1ccc2[nH]c3ccccc3c2c1. The molecule has 17 heavy (non-hydrogen) atoms. The molecule has 1 aromatic heterocycles. The molecular weight excluding hydrogens is 208 g/mol. The molecule has 3 rings (SSSR count). The van der Waals surface area contributed by atoms with Gasteiger partial charge in [-0.15, -0.1) is 0 Å². The van der Waals surface area contributed by atoms with Crippen molar-refractivity contribution in [1.29, 1.82) is 0 Å². The van der Waals surface area contributed by atoms with Crippen LogP contribution in [0.4, 0.5) is 0 Å². The van der Waals surface area contributed by atoms with Crippen LogP contribution in [0.3, 0.4) is 0 Å². The minimum atomic E-state index is 0.982. The van der Waals surface area contributed by atoms with Crippen LogP contribution in [0.2, 0.25) is 0 Å². The quantitative estimate of drug-likeness (QED) is 0.707. The van der Waals surface area contributed by atoms with Gasteiger partial charge in [0.1, 0.15) is 0 Å². The molecule has 0 aliphatic carbocycles. The molecule has 0 atom stereocenters. The summed E-state index contributed by atoms with van der Waals surface area (Å²) < 4.78 is 0. The average Bonchev–Trinajstić information content (AvgIpc) is 2.66. The number of H-pyrrole nitrogens is 1. The van der Waals surface area contributed by atoms with Gasteiger partial charge in [-0.25, -0.2) is 0 Å². The predicted molar refractivity (Wildman–Crippen MR) is 73.2 cm³/mol. The van der Waals surface area contributed by atoms with Crippen molar-refractivity contribution >= 4 is 21.8 Å². The Hall–Kier alpha value is -1.80. The second-order valence-corrected chi connectivity index (χ2v) is 4.79. The molecule has 0 unspecified atom stereocenters. The van der Waals surface area contributed by atoms with Gasteiger partial charge in [-0.2, -0.15) is 0 Å². The highest BCUT2D eigenvalue weighted by atomic mass is 15.0. The molecule has 0 amide bonds. The van der Waals surface area contributed by atoms with Crippen LogP contribution in [0, 0.1) is 0 Å². The van der Waals surface area contributed by atoms with Crippen LogP contribution in [0.15, 0.2) is 42.5 Å². The molecule has 0 aliphatic rings. The summed E-state index contributed by atoms with van der Waals surface area (Å²) in [6, 6.07) is 15.1. The molecule has 1 N–H and O–H groups in total. The first-order valence-corrected chi connectivity index (χ1v) is 5.88. The highest BCUT2D eigenvalue weighted by Crippen LogP contribution is 2.26. The molecule has 0 bridgehead atoms. The number of aromatic nitrogens is 1. The van der Waals surface area contributed by atoms with Crippen LogP contribution in [-0.2, 0) is 6.54 Å². The van der Waals surface area contributed by atoms with Crippen molar-refractivity contribution in [2.45, 2.75) is 6.54 Å². The fourth-order valence-corrected chi connectivity index (χ4v) is 2.36. The average molecular weight is 224 g/mol. The Kier molecular flexibility index (Phi) is 2.37. The summed E-state index contributed by atoms with van der Waals surface area (Å²) in [5.74, 6) is 0. The maximum atomic E-state index is 3.44. The zero-order valence-corrected chi connectivity index (χ0v) is 10.2. The minimum absolute atomic E-state index is 0.982. The van der Waals surface area contributed by atoms with E-state index in [4.69, 9.17) is 0 Å². The number of fused-ring (bicyclic) bond motifs is 3. The molecule has 0 spiro atoms. The van der Waals surface area contributed by atoms with Gasteiger partial charge in [0, 0.05) is 28.4 Å². The summed E-state index contributed by atoms with van der Waals surface area (Å²) >= 11 is 0. The van der Waals surface area contributed by atoms with E-state index in [2.05, 4.69) is 66.4 Å². The zero-order valence-electron chi connectivity index (χ0n) is 10.2. The number of rotatable bonds is 2. The largest absolute Gasteiger partial charge is 0.355 e. The van der Waals surface area contributed by atoms with Gasteiger partial charge in [0.15, 0.2) is 0 Å². The molecular formula is C15H16N2. The van der Waals surface area contributed by atoms with Crippen molar-refractivity contribution in [2.24, 2.45) is 0 Å². The standard InChI is InChI=1S/C15H16N2/c1-17(2)10-11-7-8-15-13(9-11)12-5-3-4-6-14(12)16-15/h3-9,16H,10H2,1-2H3. The number of nitrogens with zero attached hydrogens (tertiary/aromatic N) is 1. The summed E-state index contributed by atoms with van der Waals surface area (Å²) in [4.78, 5) is 5.64. The third-order valence-electron chi connectivity index (χ3n) is 3.07. The van der Waals surface area contributed by atoms with Gasteiger partial charge < -0.3 is 9.88 Å². The van der Waals surface area contributed by atoms with Crippen LogP contribution in [-0.4, -0.2) is 24.0 Å². The zero-order chi connectivity index (χ0) is 11.8. The molecule has 2 nitrogen and oxygen atoms in total. The second kappa shape index (κ2) is 3.90. The summed E-state index contributed by atoms with van der Waals surface area (Å²) in [5.41, 5.74) is 3.78. The molecule has 0 radical (unpaired) electrons. The monoisotopic (exact) mass is 224 g/mol. The van der Waals surface area contributed by atoms with Gasteiger partial charge in [-0.05, 0) is 37.9 Å². The van der Waals surface area contributed by atoms with Crippen molar-refractivity contribution in [3.05, 3.63) is 48.0 Å². The second-order valence-electron chi connectivity index (χ2n) is 4.79. The molecule has 0 aliphatic heterocycles. The fourth-order valence-electron chi connectivity index (χ4n) is 2.36. The summed E-state index contributed by atoms with van der Waals surface area (Å²) in [6.45, 7) is 0.982. The van der Waals surface area contributed by atoms with E-state index in [1.54, 1.807) is 0 Å². The Labute approximate surface area is 101 Å². The Balaban J connectivity index is 2.23. The summed E-state index contributed by atoms with van der Waals surface area (Å²) in [7, 11) is 4.19. The number of para-hydroxylation sites is 1. The van der Waals surface area contributed by atoms with E-state index in [9.17, 15) is 0 Å². The Bertz CT molecular complexity index is 665. The van der Waals surface area contributed by atoms with Crippen LogP contribution in [0.5, 0.6) is 0 Å². The Morgan fingerprint density at radius 3 is 2.53 bits per heavy atom. The molecule has 3 aromatic rings. The summed E-state index contributed by atoms with van der Waals surface area (Å²) in [6.07, 6.45) is 0. The van der Waals surface area contributed by atoms with Gasteiger partial charge in [-0.3, -0.25) is 0 Å². The molecule has 2 aromatic carbocycles. The normalized spacial score (nSPS) is 11.7. The van der Waals surface area contributed by atoms with Crippen molar-refractivity contribution in [3.63, 3.8) is 0 Å². The van der Waals surface area contributed by atoms with E-state index in [1.807, 2.05) is 0 Å². The van der Waals surface area contributed by atoms with Crippen LogP contribution < -0.4 is 0 Å². The van der Waals surface area contributed by atoms with E-state index in [1.165, 1.54) is 27.4 Å². The van der Waals surface area contributed by atoms with Gasteiger partial charge in [0.2, 0.25) is 0 Å². The molecule has 86 valence electrons. The van der Waals surface area contributed by atoms with Crippen molar-refractivity contribution in [3.8, 4) is 0 Å². The van der Waals surface area contributed by atoms with Gasteiger partial charge in [0.05, 0.1) is 0 Å². The highest BCUT2D eigenvalue weighted by molar-refractivity contribution is 6.07. The van der Waals surface area contributed by atoms with Gasteiger partial charge in [0.25, 0.3) is 0 Å². The molecule has 1 heterocycles. The molecule has 0 saturated heterocycles. The number of benzene rings is 2. The summed E-state index contributed by atoms with van der Waals surface area (Å²) in [5, 5.41) is 2.63. The van der Waals surface area contributed by atoms with Crippen molar-refractivity contribution < 1.29 is 0 Å². The number of hydrogen-bond acceptors (Lipinski definition) is 1. The van der Waals surface area contributed by atoms with E-state index in [0.717, 1.165) is 6.54 Å². The molecule has 2 heteroatoms. The number of hydrogen-bond donors (Lipinski definition) is 1. The van der Waals surface area contributed by atoms with Crippen LogP contribution in [0.1, 0.15) is 5.56 Å². The smallest absolute Gasteiger partial charge is 0.0465 e. The lowest BCUT2D eigenvalue weighted by molar-refractivity contribution is 0.403. The van der Waals surface area contributed by atoms with E-state index in [-0.39, 0.29) is 0 Å². The lowest BCUT2D eigenvalue weighted by atomic mass is 10.1. The Morgan fingerprint density at radius 1 is 0.941 bits per heavy atom. The van der Waals surface area contributed by atoms with Crippen molar-refractivity contribution in [1.82, 2.24) is 9.88 Å². The first-order chi connectivity index (χ1) is 8.24. The number of aromatic amines is 1. The maximum Gasteiger partial charge on any atom is 0.0465 e. The molecule has 0 saturated carbocycles. The third kappa shape index (κ3) is 1.81. The lowest BCUT2D eigenvalue weighted by Crippen LogP contribution is -2.10. The number of nitrogens with one attached hydrogen (secondary N) is 1. The van der Waals surface area contributed by atoms with E-state index >= 15 is 0 Å². The predicted octanol–water partition coefficient (Wildman–Crippen LogP) is 3.38. The van der Waals surface area contributed by atoms with Gasteiger partial charge >= 0.3 is 0 Å². The molecule has 0 fully saturated rings. The first kappa shape index (κ1) is 10.4. The fraction of sp³-hybridized carbons (Fsp3) is 0.200. The lowest BCUT2D eigenvalue weighted by Gasteiger charge is -2.09. The maximum absolute atomic E-state index is 3.44. The van der Waals surface area contributed by atoms with Crippen LogP contribution >= 0.6 is 0 Å². The highest BCUT2D eigenvalue weighted by Gasteiger charge is 2.04. The van der Waals surface area contributed by atoms with Crippen molar-refractivity contribution in [2.75, 3.05) is 14.1 Å². The van der Waals surface area contributed by atoms with E-state index < -0.39 is 0 Å². The first-order valence-electron chi connectivity index (χ1n) is 5.88. The third-order valence-corrected chi connectivity index (χ3v) is 3.07. The van der Waals surface area contributed by atoms with E-state index in [0.29, 0.717) is 0 Å².